The lowest BCUT2D eigenvalue weighted by atomic mass is 10.1. The number of allylic oxidation sites excluding steroid dienone is 1. The second kappa shape index (κ2) is 6.69. The Kier molecular flexibility index (Phi) is 4.75. The van der Waals surface area contributed by atoms with Gasteiger partial charge >= 0.3 is 0 Å². The number of hydrogen-bond donors (Lipinski definition) is 0. The Hall–Kier alpha value is -2.05. The molecular weight excluding hydrogens is 354 g/mol. The second-order valence-electron chi connectivity index (χ2n) is 5.94. The molecule has 1 aliphatic heterocycles. The molecule has 0 saturated carbocycles. The van der Waals surface area contributed by atoms with E-state index in [0.717, 1.165) is 21.0 Å². The number of aryl methyl sites for hydroxylation is 1. The lowest BCUT2D eigenvalue weighted by Gasteiger charge is -2.25. The Morgan fingerprint density at radius 3 is 2.28 bits per heavy atom. The molecule has 0 aliphatic carbocycles. The van der Waals surface area contributed by atoms with Crippen molar-refractivity contribution in [3.8, 4) is 0 Å². The fourth-order valence-electron chi connectivity index (χ4n) is 2.84. The minimum absolute atomic E-state index is 0.112. The number of para-hydroxylation sites is 1. The van der Waals surface area contributed by atoms with Crippen LogP contribution in [0.15, 0.2) is 59.5 Å². The van der Waals surface area contributed by atoms with Crippen molar-refractivity contribution in [3.63, 3.8) is 0 Å². The van der Waals surface area contributed by atoms with Crippen LogP contribution in [0.25, 0.3) is 5.57 Å². The highest BCUT2D eigenvalue weighted by atomic mass is 32.2. The number of thioether (sulfide) groups is 1. The minimum atomic E-state index is -3.99. The van der Waals surface area contributed by atoms with E-state index in [4.69, 9.17) is 0 Å². The molecule has 0 fully saturated rings. The summed E-state index contributed by atoms with van der Waals surface area (Å²) in [7, 11) is -3.99. The zero-order valence-electron chi connectivity index (χ0n) is 14.3. The Labute approximate surface area is 152 Å². The highest BCUT2D eigenvalue weighted by Crippen LogP contribution is 2.36. The van der Waals surface area contributed by atoms with Crippen LogP contribution >= 0.6 is 11.8 Å². The van der Waals surface area contributed by atoms with Gasteiger partial charge in [-0.15, -0.1) is 11.8 Å². The first-order valence-corrected chi connectivity index (χ1v) is 10.6. The van der Waals surface area contributed by atoms with Crippen LogP contribution in [0.2, 0.25) is 0 Å². The third-order valence-corrected chi connectivity index (χ3v) is 6.78. The number of carbonyl (C=O) groups is 1. The van der Waals surface area contributed by atoms with Gasteiger partial charge in [-0.3, -0.25) is 4.79 Å². The molecule has 130 valence electrons. The van der Waals surface area contributed by atoms with Crippen LogP contribution in [0.4, 0.5) is 5.69 Å². The Balaban J connectivity index is 2.24. The molecule has 0 aromatic heterocycles. The van der Waals surface area contributed by atoms with E-state index >= 15 is 0 Å². The maximum Gasteiger partial charge on any atom is 0.270 e. The van der Waals surface area contributed by atoms with Gasteiger partial charge in [0.25, 0.3) is 15.9 Å². The van der Waals surface area contributed by atoms with E-state index in [1.807, 2.05) is 32.1 Å². The molecule has 25 heavy (non-hydrogen) atoms. The van der Waals surface area contributed by atoms with Crippen molar-refractivity contribution in [2.75, 3.05) is 10.6 Å². The van der Waals surface area contributed by atoms with Crippen molar-refractivity contribution in [2.45, 2.75) is 24.0 Å². The zero-order chi connectivity index (χ0) is 18.2. The van der Waals surface area contributed by atoms with Crippen LogP contribution in [-0.4, -0.2) is 25.8 Å². The molecule has 1 amide bonds. The summed E-state index contributed by atoms with van der Waals surface area (Å²) in [6.07, 6.45) is 3.63. The molecule has 2 aromatic rings. The van der Waals surface area contributed by atoms with E-state index < -0.39 is 21.2 Å². The average Bonchev–Trinajstić information content (AvgIpc) is 2.70. The van der Waals surface area contributed by atoms with Crippen LogP contribution in [0.5, 0.6) is 0 Å². The number of fused-ring (bicyclic) bond motifs is 1. The Morgan fingerprint density at radius 1 is 1.00 bits per heavy atom. The molecule has 0 N–H and O–H groups in total. The molecule has 6 heteroatoms. The van der Waals surface area contributed by atoms with E-state index in [9.17, 15) is 13.2 Å². The SMILES string of the molecule is CSC1C=C(C)c2ccccc2N(S(=O)(=O)c2ccc(C)cc2)C1=O. The molecule has 0 saturated heterocycles. The first-order valence-electron chi connectivity index (χ1n) is 7.82. The maximum atomic E-state index is 13.3. The van der Waals surface area contributed by atoms with Crippen LogP contribution in [-0.2, 0) is 14.8 Å². The number of hydrogen-bond acceptors (Lipinski definition) is 4. The van der Waals surface area contributed by atoms with Gasteiger partial charge in [-0.05, 0) is 43.9 Å². The predicted octanol–water partition coefficient (Wildman–Crippen LogP) is 3.87. The van der Waals surface area contributed by atoms with Crippen molar-refractivity contribution in [1.29, 1.82) is 0 Å². The number of sulfonamides is 1. The fourth-order valence-corrected chi connectivity index (χ4v) is 5.01. The maximum absolute atomic E-state index is 13.3. The topological polar surface area (TPSA) is 54.5 Å². The summed E-state index contributed by atoms with van der Waals surface area (Å²) < 4.78 is 27.5. The summed E-state index contributed by atoms with van der Waals surface area (Å²) in [5, 5.41) is -0.548. The standard InChI is InChI=1S/C19H19NO3S2/c1-13-8-10-15(11-9-13)25(22,23)20-17-7-5-4-6-16(17)14(2)12-18(24-3)19(20)21/h4-12,18H,1-3H3. The first-order chi connectivity index (χ1) is 11.9. The van der Waals surface area contributed by atoms with Crippen LogP contribution in [0, 0.1) is 6.92 Å². The third kappa shape index (κ3) is 3.12. The van der Waals surface area contributed by atoms with Gasteiger partial charge in [0.1, 0.15) is 5.25 Å². The Morgan fingerprint density at radius 2 is 1.64 bits per heavy atom. The minimum Gasteiger partial charge on any atom is -0.272 e. The lowest BCUT2D eigenvalue weighted by Crippen LogP contribution is -2.41. The second-order valence-corrected chi connectivity index (χ2v) is 8.71. The molecule has 2 aromatic carbocycles. The molecule has 1 aliphatic rings. The molecule has 1 atom stereocenters. The van der Waals surface area contributed by atoms with Gasteiger partial charge in [0, 0.05) is 5.56 Å². The summed E-state index contributed by atoms with van der Waals surface area (Å²) in [6.45, 7) is 3.79. The highest BCUT2D eigenvalue weighted by molar-refractivity contribution is 8.00. The van der Waals surface area contributed by atoms with Crippen molar-refractivity contribution < 1.29 is 13.2 Å². The Bertz CT molecular complexity index is 947. The molecule has 4 nitrogen and oxygen atoms in total. The van der Waals surface area contributed by atoms with Gasteiger partial charge in [-0.2, -0.15) is 0 Å². The molecule has 0 radical (unpaired) electrons. The van der Waals surface area contributed by atoms with Gasteiger partial charge in [-0.25, -0.2) is 12.7 Å². The summed E-state index contributed by atoms with van der Waals surface area (Å²) in [4.78, 5) is 13.2. The zero-order valence-corrected chi connectivity index (χ0v) is 15.9. The molecule has 0 bridgehead atoms. The number of nitrogens with zero attached hydrogens (tertiary/aromatic N) is 1. The molecule has 3 rings (SSSR count). The van der Waals surface area contributed by atoms with Crippen molar-refractivity contribution in [3.05, 3.63) is 65.7 Å². The predicted molar refractivity (Wildman–Crippen MR) is 103 cm³/mol. The molecule has 1 unspecified atom stereocenters. The first kappa shape index (κ1) is 17.8. The molecular formula is C19H19NO3S2. The van der Waals surface area contributed by atoms with Crippen molar-refractivity contribution in [1.82, 2.24) is 0 Å². The van der Waals surface area contributed by atoms with Gasteiger partial charge in [0.2, 0.25) is 0 Å². The smallest absolute Gasteiger partial charge is 0.270 e. The number of benzene rings is 2. The van der Waals surface area contributed by atoms with Crippen LogP contribution < -0.4 is 4.31 Å². The monoisotopic (exact) mass is 373 g/mol. The normalized spacial score (nSPS) is 17.7. The number of anilines is 1. The summed E-state index contributed by atoms with van der Waals surface area (Å²) >= 11 is 1.33. The van der Waals surface area contributed by atoms with E-state index in [2.05, 4.69) is 0 Å². The number of rotatable bonds is 3. The summed E-state index contributed by atoms with van der Waals surface area (Å²) in [6, 6.07) is 13.7. The lowest BCUT2D eigenvalue weighted by molar-refractivity contribution is -0.116. The largest absolute Gasteiger partial charge is 0.272 e. The van der Waals surface area contributed by atoms with E-state index in [-0.39, 0.29) is 4.90 Å². The van der Waals surface area contributed by atoms with Gasteiger partial charge in [-0.1, -0.05) is 42.0 Å². The van der Waals surface area contributed by atoms with Crippen LogP contribution in [0.1, 0.15) is 18.1 Å². The summed E-state index contributed by atoms with van der Waals surface area (Å²) in [5.41, 5.74) is 3.01. The van der Waals surface area contributed by atoms with Gasteiger partial charge in [0.05, 0.1) is 10.6 Å². The van der Waals surface area contributed by atoms with E-state index in [0.29, 0.717) is 5.69 Å². The fraction of sp³-hybridized carbons (Fsp3) is 0.211. The van der Waals surface area contributed by atoms with Crippen molar-refractivity contribution in [2.24, 2.45) is 0 Å². The quantitative estimate of drug-likeness (QED) is 0.820. The van der Waals surface area contributed by atoms with E-state index in [1.54, 1.807) is 42.7 Å². The summed E-state index contributed by atoms with van der Waals surface area (Å²) in [5.74, 6) is -0.447. The van der Waals surface area contributed by atoms with Crippen molar-refractivity contribution >= 4 is 39.0 Å². The number of carbonyl (C=O) groups excluding carboxylic acids is 1. The number of amides is 1. The average molecular weight is 373 g/mol. The van der Waals surface area contributed by atoms with Gasteiger partial charge < -0.3 is 0 Å². The highest BCUT2D eigenvalue weighted by Gasteiger charge is 2.37. The third-order valence-electron chi connectivity index (χ3n) is 4.21. The molecule has 0 spiro atoms. The van der Waals surface area contributed by atoms with Gasteiger partial charge in [0.15, 0.2) is 0 Å². The molecule has 1 heterocycles. The van der Waals surface area contributed by atoms with Crippen LogP contribution in [0.3, 0.4) is 0 Å². The van der Waals surface area contributed by atoms with E-state index in [1.165, 1.54) is 11.8 Å².